The molecule has 0 spiro atoms. The first-order valence-corrected chi connectivity index (χ1v) is 5.81. The number of hydrogen-bond donors (Lipinski definition) is 2. The molecule has 7 heteroatoms. The summed E-state index contributed by atoms with van der Waals surface area (Å²) in [4.78, 5) is 25.8. The Kier molecular flexibility index (Phi) is 4.92. The second kappa shape index (κ2) is 6.01. The Balaban J connectivity index is 2.73. The van der Waals surface area contributed by atoms with Gasteiger partial charge in [-0.3, -0.25) is 0 Å². The summed E-state index contributed by atoms with van der Waals surface area (Å²) in [5.41, 5.74) is 0. The fourth-order valence-electron chi connectivity index (χ4n) is 2.00. The zero-order chi connectivity index (χ0) is 13.9. The van der Waals surface area contributed by atoms with Gasteiger partial charge in [0.25, 0.3) is 0 Å². The Morgan fingerprint density at radius 2 is 2.17 bits per heavy atom. The predicted octanol–water partition coefficient (Wildman–Crippen LogP) is -0.407. The fourth-order valence-corrected chi connectivity index (χ4v) is 2.00. The molecule has 1 fully saturated rings. The molecule has 0 bridgehead atoms. The number of carboxylic acids is 1. The molecular formula is C11H20N2O5. The van der Waals surface area contributed by atoms with Crippen molar-refractivity contribution in [2.75, 3.05) is 27.3 Å². The van der Waals surface area contributed by atoms with Crippen LogP contribution in [0.5, 0.6) is 0 Å². The van der Waals surface area contributed by atoms with Crippen molar-refractivity contribution >= 4 is 12.0 Å². The van der Waals surface area contributed by atoms with Gasteiger partial charge in [0.2, 0.25) is 0 Å². The van der Waals surface area contributed by atoms with E-state index in [-0.39, 0.29) is 19.0 Å². The number of likely N-dealkylation sites (N-methyl/N-ethyl adjacent to an activating group) is 1. The maximum atomic E-state index is 12.1. The number of rotatable bonds is 4. The van der Waals surface area contributed by atoms with E-state index >= 15 is 0 Å². The lowest BCUT2D eigenvalue weighted by Gasteiger charge is -2.31. The maximum Gasteiger partial charge on any atom is 0.326 e. The minimum atomic E-state index is -1.09. The summed E-state index contributed by atoms with van der Waals surface area (Å²) in [5, 5.41) is 18.5. The van der Waals surface area contributed by atoms with Gasteiger partial charge in [0.15, 0.2) is 0 Å². The van der Waals surface area contributed by atoms with Crippen LogP contribution < -0.4 is 0 Å². The average molecular weight is 260 g/mol. The number of aliphatic hydroxyl groups excluding tert-OH is 1. The average Bonchev–Trinajstić information content (AvgIpc) is 2.69. The lowest BCUT2D eigenvalue weighted by atomic mass is 10.2. The first-order chi connectivity index (χ1) is 8.38. The van der Waals surface area contributed by atoms with Gasteiger partial charge in [0, 0.05) is 27.1 Å². The van der Waals surface area contributed by atoms with Gasteiger partial charge < -0.3 is 24.7 Å². The molecule has 0 aromatic carbocycles. The number of likely N-dealkylation sites (tertiary alicyclic amines) is 1. The van der Waals surface area contributed by atoms with Crippen LogP contribution in [0.4, 0.5) is 4.79 Å². The number of aliphatic hydroxyl groups is 1. The van der Waals surface area contributed by atoms with Gasteiger partial charge >= 0.3 is 12.0 Å². The van der Waals surface area contributed by atoms with Crippen LogP contribution in [0, 0.1) is 0 Å². The highest BCUT2D eigenvalue weighted by Gasteiger charge is 2.40. The molecule has 2 amide bonds. The Bertz CT molecular complexity index is 323. The topological polar surface area (TPSA) is 90.3 Å². The van der Waals surface area contributed by atoms with Crippen molar-refractivity contribution in [1.29, 1.82) is 0 Å². The van der Waals surface area contributed by atoms with E-state index in [1.54, 1.807) is 7.05 Å². The van der Waals surface area contributed by atoms with Crippen LogP contribution in [0.3, 0.4) is 0 Å². The van der Waals surface area contributed by atoms with Gasteiger partial charge in [0.1, 0.15) is 6.04 Å². The summed E-state index contributed by atoms with van der Waals surface area (Å²) in [5.74, 6) is -1.09. The molecule has 18 heavy (non-hydrogen) atoms. The highest BCUT2D eigenvalue weighted by atomic mass is 16.5. The van der Waals surface area contributed by atoms with E-state index in [9.17, 15) is 14.7 Å². The van der Waals surface area contributed by atoms with E-state index in [1.807, 2.05) is 6.92 Å². The van der Waals surface area contributed by atoms with Crippen LogP contribution in [-0.2, 0) is 9.53 Å². The van der Waals surface area contributed by atoms with Gasteiger partial charge in [-0.05, 0) is 6.92 Å². The van der Waals surface area contributed by atoms with Crippen molar-refractivity contribution in [3.63, 3.8) is 0 Å². The fraction of sp³-hybridized carbons (Fsp3) is 0.818. The summed E-state index contributed by atoms with van der Waals surface area (Å²) < 4.78 is 4.95. The third-order valence-corrected chi connectivity index (χ3v) is 3.18. The Hall–Kier alpha value is -1.34. The normalized spacial score (nSPS) is 25.0. The molecule has 0 aliphatic carbocycles. The number of aliphatic carboxylic acids is 1. The van der Waals surface area contributed by atoms with Crippen molar-refractivity contribution in [3.8, 4) is 0 Å². The molecule has 3 atom stereocenters. The van der Waals surface area contributed by atoms with E-state index < -0.39 is 24.1 Å². The first-order valence-electron chi connectivity index (χ1n) is 5.81. The number of urea groups is 1. The lowest BCUT2D eigenvalue weighted by Crippen LogP contribution is -2.50. The number of β-amino-alcohol motifs (C(OH)–C–C–N with tert-alkyl or cyclic N) is 1. The van der Waals surface area contributed by atoms with Crippen molar-refractivity contribution in [1.82, 2.24) is 9.80 Å². The monoisotopic (exact) mass is 260 g/mol. The van der Waals surface area contributed by atoms with Crippen molar-refractivity contribution in [2.24, 2.45) is 0 Å². The Morgan fingerprint density at radius 1 is 1.56 bits per heavy atom. The van der Waals surface area contributed by atoms with Gasteiger partial charge in [-0.2, -0.15) is 0 Å². The summed E-state index contributed by atoms with van der Waals surface area (Å²) >= 11 is 0. The van der Waals surface area contributed by atoms with Gasteiger partial charge in [0.05, 0.1) is 18.8 Å². The van der Waals surface area contributed by atoms with Crippen molar-refractivity contribution < 1.29 is 24.5 Å². The highest BCUT2D eigenvalue weighted by Crippen LogP contribution is 2.20. The van der Waals surface area contributed by atoms with E-state index in [1.165, 1.54) is 16.9 Å². The maximum absolute atomic E-state index is 12.1. The minimum absolute atomic E-state index is 0.0554. The summed E-state index contributed by atoms with van der Waals surface area (Å²) in [6, 6.07) is -1.51. The van der Waals surface area contributed by atoms with Gasteiger partial charge in [-0.15, -0.1) is 0 Å². The quantitative estimate of drug-likeness (QED) is 0.717. The number of amides is 2. The number of carbonyl (C=O) groups is 2. The SMILES string of the molecule is COCC(C)N(C)C(=O)N1CC(O)C[C@H]1C(=O)O. The molecule has 0 saturated carbocycles. The zero-order valence-electron chi connectivity index (χ0n) is 10.9. The van der Waals surface area contributed by atoms with Gasteiger partial charge in [-0.1, -0.05) is 0 Å². The van der Waals surface area contributed by atoms with Crippen LogP contribution in [-0.4, -0.2) is 77.5 Å². The van der Waals surface area contributed by atoms with Crippen molar-refractivity contribution in [3.05, 3.63) is 0 Å². The summed E-state index contributed by atoms with van der Waals surface area (Å²) in [6.45, 7) is 2.24. The molecule has 1 rings (SSSR count). The third kappa shape index (κ3) is 3.11. The predicted molar refractivity (Wildman–Crippen MR) is 63.3 cm³/mol. The molecular weight excluding hydrogens is 240 g/mol. The van der Waals surface area contributed by atoms with Crippen LogP contribution in [0.25, 0.3) is 0 Å². The molecule has 1 aliphatic heterocycles. The highest BCUT2D eigenvalue weighted by molar-refractivity contribution is 5.83. The molecule has 1 aliphatic rings. The second-order valence-electron chi connectivity index (χ2n) is 4.59. The van der Waals surface area contributed by atoms with E-state index in [2.05, 4.69) is 0 Å². The smallest absolute Gasteiger partial charge is 0.326 e. The molecule has 1 saturated heterocycles. The number of methoxy groups -OCH3 is 1. The minimum Gasteiger partial charge on any atom is -0.480 e. The lowest BCUT2D eigenvalue weighted by molar-refractivity contribution is -0.141. The molecule has 1 heterocycles. The summed E-state index contributed by atoms with van der Waals surface area (Å²) in [7, 11) is 3.13. The van der Waals surface area contributed by atoms with Crippen LogP contribution in [0.1, 0.15) is 13.3 Å². The second-order valence-corrected chi connectivity index (χ2v) is 4.59. The number of carboxylic acid groups (broad SMARTS) is 1. The summed E-state index contributed by atoms with van der Waals surface area (Å²) in [6.07, 6.45) is -0.700. The number of nitrogens with zero attached hydrogens (tertiary/aromatic N) is 2. The Labute approximate surface area is 106 Å². The van der Waals surface area contributed by atoms with E-state index in [0.29, 0.717) is 6.61 Å². The Morgan fingerprint density at radius 3 is 2.67 bits per heavy atom. The molecule has 7 nitrogen and oxygen atoms in total. The third-order valence-electron chi connectivity index (χ3n) is 3.18. The largest absolute Gasteiger partial charge is 0.480 e. The molecule has 2 N–H and O–H groups in total. The van der Waals surface area contributed by atoms with Crippen LogP contribution >= 0.6 is 0 Å². The number of carbonyl (C=O) groups excluding carboxylic acids is 1. The van der Waals surface area contributed by atoms with E-state index in [0.717, 1.165) is 0 Å². The van der Waals surface area contributed by atoms with Crippen LogP contribution in [0.15, 0.2) is 0 Å². The molecule has 0 aromatic rings. The number of hydrogen-bond acceptors (Lipinski definition) is 4. The first kappa shape index (κ1) is 14.7. The number of ether oxygens (including phenoxy) is 1. The molecule has 104 valence electrons. The van der Waals surface area contributed by atoms with Crippen LogP contribution in [0.2, 0.25) is 0 Å². The standard InChI is InChI=1S/C11H20N2O5/c1-7(6-18-3)12(2)11(17)13-5-8(14)4-9(13)10(15)16/h7-9,14H,4-6H2,1-3H3,(H,15,16)/t7?,8?,9-/m0/s1. The zero-order valence-corrected chi connectivity index (χ0v) is 10.9. The van der Waals surface area contributed by atoms with Crippen molar-refractivity contribution in [2.45, 2.75) is 31.5 Å². The van der Waals surface area contributed by atoms with Gasteiger partial charge in [-0.25, -0.2) is 9.59 Å². The molecule has 0 aromatic heterocycles. The molecule has 2 unspecified atom stereocenters. The van der Waals surface area contributed by atoms with E-state index in [4.69, 9.17) is 9.84 Å². The molecule has 0 radical (unpaired) electrons.